The van der Waals surface area contributed by atoms with Crippen molar-refractivity contribution in [2.24, 2.45) is 0 Å². The molecular weight excluding hydrogens is 238 g/mol. The van der Waals surface area contributed by atoms with Crippen molar-refractivity contribution in [1.82, 2.24) is 4.90 Å². The molecule has 0 aliphatic carbocycles. The molecule has 1 aromatic rings. The zero-order valence-corrected chi connectivity index (χ0v) is 10.5. The summed E-state index contributed by atoms with van der Waals surface area (Å²) in [5, 5.41) is 0. The minimum Gasteiger partial charge on any atom is -0.496 e. The molecule has 0 atom stereocenters. The monoisotopic (exact) mass is 256 g/mol. The van der Waals surface area contributed by atoms with E-state index in [1.54, 1.807) is 13.2 Å². The van der Waals surface area contributed by atoms with Gasteiger partial charge in [-0.3, -0.25) is 4.90 Å². The van der Waals surface area contributed by atoms with Gasteiger partial charge < -0.3 is 10.5 Å². The molecule has 1 aromatic carbocycles. The van der Waals surface area contributed by atoms with E-state index in [4.69, 9.17) is 10.5 Å². The van der Waals surface area contributed by atoms with E-state index in [1.807, 2.05) is 17.0 Å². The van der Waals surface area contributed by atoms with Crippen molar-refractivity contribution >= 4 is 5.69 Å². The molecule has 1 aliphatic rings. The normalized spacial score (nSPS) is 19.7. The Balaban J connectivity index is 2.04. The van der Waals surface area contributed by atoms with Crippen LogP contribution in [0.15, 0.2) is 18.2 Å². The van der Waals surface area contributed by atoms with Gasteiger partial charge in [0.1, 0.15) is 5.75 Å². The van der Waals surface area contributed by atoms with E-state index in [-0.39, 0.29) is 12.8 Å². The van der Waals surface area contributed by atoms with Crippen molar-refractivity contribution in [2.75, 3.05) is 25.9 Å². The molecule has 1 saturated heterocycles. The average Bonchev–Trinajstić information content (AvgIpc) is 2.32. The van der Waals surface area contributed by atoms with Crippen LogP contribution >= 0.6 is 0 Å². The van der Waals surface area contributed by atoms with Crippen LogP contribution in [-0.2, 0) is 6.54 Å². The van der Waals surface area contributed by atoms with E-state index in [9.17, 15) is 8.78 Å². The van der Waals surface area contributed by atoms with Crippen molar-refractivity contribution in [1.29, 1.82) is 0 Å². The highest BCUT2D eigenvalue weighted by Crippen LogP contribution is 2.30. The van der Waals surface area contributed by atoms with Crippen LogP contribution in [0.1, 0.15) is 18.4 Å². The Morgan fingerprint density at radius 1 is 1.33 bits per heavy atom. The number of ether oxygens (including phenoxy) is 1. The Morgan fingerprint density at radius 3 is 2.61 bits per heavy atom. The lowest BCUT2D eigenvalue weighted by molar-refractivity contribution is -0.0567. The molecular formula is C13H18F2N2O. The molecule has 100 valence electrons. The minimum atomic E-state index is -2.50. The minimum absolute atomic E-state index is 0.0718. The van der Waals surface area contributed by atoms with Crippen molar-refractivity contribution in [3.63, 3.8) is 0 Å². The van der Waals surface area contributed by atoms with Crippen LogP contribution in [0.25, 0.3) is 0 Å². The van der Waals surface area contributed by atoms with Crippen molar-refractivity contribution in [2.45, 2.75) is 25.3 Å². The van der Waals surface area contributed by atoms with E-state index in [2.05, 4.69) is 0 Å². The smallest absolute Gasteiger partial charge is 0.250 e. The molecule has 18 heavy (non-hydrogen) atoms. The molecule has 1 fully saturated rings. The number of hydrogen-bond acceptors (Lipinski definition) is 3. The fourth-order valence-electron chi connectivity index (χ4n) is 2.20. The van der Waals surface area contributed by atoms with Crippen molar-refractivity contribution < 1.29 is 13.5 Å². The lowest BCUT2D eigenvalue weighted by Crippen LogP contribution is -2.38. The Morgan fingerprint density at radius 2 is 2.00 bits per heavy atom. The lowest BCUT2D eigenvalue weighted by Gasteiger charge is -2.32. The number of hydrogen-bond donors (Lipinski definition) is 1. The first kappa shape index (κ1) is 13.1. The fourth-order valence-corrected chi connectivity index (χ4v) is 2.20. The topological polar surface area (TPSA) is 38.5 Å². The first-order valence-electron chi connectivity index (χ1n) is 6.03. The highest BCUT2D eigenvalue weighted by atomic mass is 19.3. The van der Waals surface area contributed by atoms with Gasteiger partial charge in [0.2, 0.25) is 0 Å². The highest BCUT2D eigenvalue weighted by molar-refractivity contribution is 5.47. The van der Waals surface area contributed by atoms with Crippen LogP contribution in [0, 0.1) is 0 Å². The SMILES string of the molecule is COc1ccc(N)cc1CN1CCC(F)(F)CC1. The molecule has 5 heteroatoms. The Bertz CT molecular complexity index is 413. The zero-order chi connectivity index (χ0) is 13.2. The average molecular weight is 256 g/mol. The van der Waals surface area contributed by atoms with Crippen LogP contribution < -0.4 is 10.5 Å². The Labute approximate surface area is 106 Å². The number of likely N-dealkylation sites (tertiary alicyclic amines) is 1. The second-order valence-corrected chi connectivity index (χ2v) is 4.70. The lowest BCUT2D eigenvalue weighted by atomic mass is 10.1. The van der Waals surface area contributed by atoms with Gasteiger partial charge in [0.25, 0.3) is 5.92 Å². The predicted molar refractivity (Wildman–Crippen MR) is 66.9 cm³/mol. The molecule has 1 heterocycles. The number of nitrogen functional groups attached to an aromatic ring is 1. The molecule has 0 saturated carbocycles. The third kappa shape index (κ3) is 3.10. The molecule has 0 radical (unpaired) electrons. The molecule has 2 rings (SSSR count). The Kier molecular flexibility index (Phi) is 3.71. The molecule has 0 amide bonds. The number of alkyl halides is 2. The third-order valence-electron chi connectivity index (χ3n) is 3.29. The van der Waals surface area contributed by atoms with E-state index >= 15 is 0 Å². The van der Waals surface area contributed by atoms with Crippen molar-refractivity contribution in [3.05, 3.63) is 23.8 Å². The standard InChI is InChI=1S/C13H18F2N2O/c1-18-12-3-2-11(16)8-10(12)9-17-6-4-13(14,15)5-7-17/h2-3,8H,4-7,9,16H2,1H3. The summed E-state index contributed by atoms with van der Waals surface area (Å²) in [5.41, 5.74) is 7.34. The van der Waals surface area contributed by atoms with Gasteiger partial charge >= 0.3 is 0 Å². The molecule has 0 spiro atoms. The molecule has 2 N–H and O–H groups in total. The first-order chi connectivity index (χ1) is 8.50. The number of halogens is 2. The maximum absolute atomic E-state index is 13.1. The van der Waals surface area contributed by atoms with Gasteiger partial charge in [0, 0.05) is 43.7 Å². The van der Waals surface area contributed by atoms with E-state index in [0.29, 0.717) is 25.3 Å². The van der Waals surface area contributed by atoms with E-state index < -0.39 is 5.92 Å². The summed E-state index contributed by atoms with van der Waals surface area (Å²) >= 11 is 0. The number of piperidine rings is 1. The summed E-state index contributed by atoms with van der Waals surface area (Å²) in [4.78, 5) is 2.01. The van der Waals surface area contributed by atoms with Crippen LogP contribution in [0.2, 0.25) is 0 Å². The largest absolute Gasteiger partial charge is 0.496 e. The summed E-state index contributed by atoms with van der Waals surface area (Å²) in [6.07, 6.45) is -0.144. The van der Waals surface area contributed by atoms with Gasteiger partial charge in [-0.2, -0.15) is 0 Å². The number of methoxy groups -OCH3 is 1. The number of anilines is 1. The summed E-state index contributed by atoms with van der Waals surface area (Å²) < 4.78 is 31.4. The molecule has 0 aromatic heterocycles. The maximum Gasteiger partial charge on any atom is 0.250 e. The first-order valence-corrected chi connectivity index (χ1v) is 6.03. The summed E-state index contributed by atoms with van der Waals surface area (Å²) in [6, 6.07) is 5.42. The number of nitrogens with two attached hydrogens (primary N) is 1. The van der Waals surface area contributed by atoms with Gasteiger partial charge in [-0.05, 0) is 18.2 Å². The van der Waals surface area contributed by atoms with Gasteiger partial charge in [-0.1, -0.05) is 0 Å². The van der Waals surface area contributed by atoms with Crippen LogP contribution in [0.4, 0.5) is 14.5 Å². The summed E-state index contributed by atoms with van der Waals surface area (Å²) in [5.74, 6) is -1.75. The van der Waals surface area contributed by atoms with Gasteiger partial charge in [0.15, 0.2) is 0 Å². The van der Waals surface area contributed by atoms with Crippen LogP contribution in [0.3, 0.4) is 0 Å². The Hall–Kier alpha value is -1.36. The number of nitrogens with zero attached hydrogens (tertiary/aromatic N) is 1. The molecule has 1 aliphatic heterocycles. The zero-order valence-electron chi connectivity index (χ0n) is 10.5. The van der Waals surface area contributed by atoms with E-state index in [0.717, 1.165) is 11.3 Å². The van der Waals surface area contributed by atoms with Gasteiger partial charge in [-0.15, -0.1) is 0 Å². The highest BCUT2D eigenvalue weighted by Gasteiger charge is 2.33. The van der Waals surface area contributed by atoms with Crippen LogP contribution in [0.5, 0.6) is 5.75 Å². The fraction of sp³-hybridized carbons (Fsp3) is 0.538. The van der Waals surface area contributed by atoms with Gasteiger partial charge in [-0.25, -0.2) is 8.78 Å². The van der Waals surface area contributed by atoms with Gasteiger partial charge in [0.05, 0.1) is 7.11 Å². The summed E-state index contributed by atoms with van der Waals surface area (Å²) in [7, 11) is 1.60. The summed E-state index contributed by atoms with van der Waals surface area (Å²) in [6.45, 7) is 1.42. The molecule has 0 bridgehead atoms. The van der Waals surface area contributed by atoms with Crippen molar-refractivity contribution in [3.8, 4) is 5.75 Å². The quantitative estimate of drug-likeness (QED) is 0.844. The predicted octanol–water partition coefficient (Wildman–Crippen LogP) is 2.51. The number of benzene rings is 1. The second-order valence-electron chi connectivity index (χ2n) is 4.70. The molecule has 3 nitrogen and oxygen atoms in total. The second kappa shape index (κ2) is 5.10. The third-order valence-corrected chi connectivity index (χ3v) is 3.29. The number of rotatable bonds is 3. The van der Waals surface area contributed by atoms with E-state index in [1.165, 1.54) is 0 Å². The van der Waals surface area contributed by atoms with Crippen LogP contribution in [-0.4, -0.2) is 31.0 Å². The maximum atomic E-state index is 13.1. The molecule has 0 unspecified atom stereocenters.